The lowest BCUT2D eigenvalue weighted by molar-refractivity contribution is 0.669. The lowest BCUT2D eigenvalue weighted by atomic mass is 9.98. The first-order valence-corrected chi connectivity index (χ1v) is 22.9. The largest absolute Gasteiger partial charge is 0.454 e. The number of nitrogens with zero attached hydrogens (tertiary/aromatic N) is 2. The zero-order valence-electron chi connectivity index (χ0n) is 36.6. The second-order valence-electron chi connectivity index (χ2n) is 17.3. The number of benzene rings is 11. The van der Waals surface area contributed by atoms with Crippen molar-refractivity contribution >= 4 is 71.6 Å². The Kier molecular flexibility index (Phi) is 9.17. The Hall–Kier alpha value is -8.92. The third-order valence-electron chi connectivity index (χ3n) is 13.4. The van der Waals surface area contributed by atoms with Crippen molar-refractivity contribution in [3.05, 3.63) is 255 Å². The lowest BCUT2D eigenvalue weighted by Crippen LogP contribution is -2.10. The topological polar surface area (TPSA) is 21.3 Å². The van der Waals surface area contributed by atoms with Crippen LogP contribution >= 0.6 is 0 Å². The molecule has 0 saturated carbocycles. The van der Waals surface area contributed by atoms with E-state index in [4.69, 9.17) is 4.42 Å². The van der Waals surface area contributed by atoms with Crippen LogP contribution in [0.1, 0.15) is 0 Å². The van der Waals surface area contributed by atoms with Gasteiger partial charge in [0, 0.05) is 38.6 Å². The van der Waals surface area contributed by atoms with Crippen molar-refractivity contribution in [1.82, 2.24) is 4.57 Å². The van der Waals surface area contributed by atoms with Gasteiger partial charge in [-0.1, -0.05) is 188 Å². The number of hydrogen-bond acceptors (Lipinski definition) is 2. The molecular formula is C64H42N2O. The molecule has 3 nitrogen and oxygen atoms in total. The highest BCUT2D eigenvalue weighted by atomic mass is 16.3. The van der Waals surface area contributed by atoms with Crippen molar-refractivity contribution in [2.75, 3.05) is 4.90 Å². The summed E-state index contributed by atoms with van der Waals surface area (Å²) in [5.74, 6) is 0. The third-order valence-corrected chi connectivity index (χ3v) is 13.4. The van der Waals surface area contributed by atoms with E-state index in [0.29, 0.717) is 0 Å². The van der Waals surface area contributed by atoms with Gasteiger partial charge in [0.25, 0.3) is 0 Å². The summed E-state index contributed by atoms with van der Waals surface area (Å²) >= 11 is 0. The molecule has 0 saturated heterocycles. The van der Waals surface area contributed by atoms with Gasteiger partial charge >= 0.3 is 0 Å². The average molecular weight is 855 g/mol. The maximum absolute atomic E-state index is 6.84. The molecule has 0 aliphatic carbocycles. The van der Waals surface area contributed by atoms with E-state index in [0.717, 1.165) is 61.2 Å². The summed E-state index contributed by atoms with van der Waals surface area (Å²) in [7, 11) is 0. The average Bonchev–Trinajstić information content (AvgIpc) is 3.96. The molecule has 0 aliphatic heterocycles. The molecule has 0 bridgehead atoms. The van der Waals surface area contributed by atoms with E-state index in [2.05, 4.69) is 258 Å². The first kappa shape index (κ1) is 38.5. The molecule has 0 N–H and O–H groups in total. The maximum Gasteiger partial charge on any atom is 0.160 e. The second-order valence-corrected chi connectivity index (χ2v) is 17.3. The first-order valence-electron chi connectivity index (χ1n) is 22.9. The van der Waals surface area contributed by atoms with E-state index in [1.165, 1.54) is 60.6 Å². The maximum atomic E-state index is 6.84. The molecule has 0 radical (unpaired) electrons. The number of aromatic nitrogens is 1. The van der Waals surface area contributed by atoms with E-state index in [1.807, 2.05) is 6.07 Å². The van der Waals surface area contributed by atoms with Gasteiger partial charge in [0.2, 0.25) is 0 Å². The van der Waals surface area contributed by atoms with Crippen LogP contribution in [0.15, 0.2) is 259 Å². The molecule has 2 aromatic heterocycles. The van der Waals surface area contributed by atoms with Gasteiger partial charge in [-0.3, -0.25) is 0 Å². The molecule has 0 aliphatic rings. The molecule has 3 heteroatoms. The normalized spacial score (nSPS) is 11.6. The third kappa shape index (κ3) is 6.67. The van der Waals surface area contributed by atoms with E-state index in [1.54, 1.807) is 0 Å². The Balaban J connectivity index is 0.894. The van der Waals surface area contributed by atoms with Crippen LogP contribution in [0.3, 0.4) is 0 Å². The highest BCUT2D eigenvalue weighted by Gasteiger charge is 2.22. The van der Waals surface area contributed by atoms with Crippen molar-refractivity contribution < 1.29 is 4.42 Å². The molecule has 13 aromatic rings. The Morgan fingerprint density at radius 2 is 0.761 bits per heavy atom. The Morgan fingerprint density at radius 3 is 1.39 bits per heavy atom. The monoisotopic (exact) mass is 854 g/mol. The predicted molar refractivity (Wildman–Crippen MR) is 282 cm³/mol. The fourth-order valence-corrected chi connectivity index (χ4v) is 10.1. The van der Waals surface area contributed by atoms with Gasteiger partial charge in [-0.15, -0.1) is 0 Å². The highest BCUT2D eigenvalue weighted by Crippen LogP contribution is 2.46. The number of furan rings is 1. The van der Waals surface area contributed by atoms with Gasteiger partial charge in [0.1, 0.15) is 5.58 Å². The Labute approximate surface area is 388 Å². The Morgan fingerprint density at radius 1 is 0.313 bits per heavy atom. The van der Waals surface area contributed by atoms with Crippen LogP contribution in [0.2, 0.25) is 0 Å². The summed E-state index contributed by atoms with van der Waals surface area (Å²) in [5.41, 5.74) is 17.8. The van der Waals surface area contributed by atoms with Crippen LogP contribution in [0.5, 0.6) is 0 Å². The fraction of sp³-hybridized carbons (Fsp3) is 0. The van der Waals surface area contributed by atoms with Crippen molar-refractivity contribution in [3.63, 3.8) is 0 Å². The number of para-hydroxylation sites is 3. The summed E-state index contributed by atoms with van der Waals surface area (Å²) in [4.78, 5) is 2.35. The molecule has 0 spiro atoms. The van der Waals surface area contributed by atoms with Crippen molar-refractivity contribution in [2.24, 2.45) is 0 Å². The summed E-state index contributed by atoms with van der Waals surface area (Å²) in [6, 6.07) is 91.7. The van der Waals surface area contributed by atoms with Crippen molar-refractivity contribution in [3.8, 4) is 50.2 Å². The van der Waals surface area contributed by atoms with Gasteiger partial charge in [0.15, 0.2) is 5.58 Å². The van der Waals surface area contributed by atoms with Crippen LogP contribution in [0.25, 0.3) is 105 Å². The summed E-state index contributed by atoms with van der Waals surface area (Å²) in [5, 5.41) is 7.05. The molecule has 11 aromatic carbocycles. The van der Waals surface area contributed by atoms with E-state index >= 15 is 0 Å². The fourth-order valence-electron chi connectivity index (χ4n) is 10.1. The van der Waals surface area contributed by atoms with Gasteiger partial charge < -0.3 is 13.9 Å². The predicted octanol–water partition coefficient (Wildman–Crippen LogP) is 18.0. The van der Waals surface area contributed by atoms with Gasteiger partial charge in [-0.05, 0) is 122 Å². The minimum atomic E-state index is 0.862. The van der Waals surface area contributed by atoms with Crippen LogP contribution in [0.4, 0.5) is 17.1 Å². The molecule has 0 fully saturated rings. The number of fused-ring (bicyclic) bond motifs is 8. The standard InChI is InChI=1S/C64H42N2O/c1-3-13-43(14-4-1)44-23-25-45(26-24-44)46-27-29-47(30-28-46)48-31-36-53(37-32-48)65(61-42-51-15-7-8-18-55(51)63-57-20-10-12-22-62(57)67-64(61)63)54-38-33-49(34-39-54)50-35-40-60-58(41-50)56-19-9-11-21-59(56)66(60)52-16-5-2-6-17-52/h1-42H. The molecule has 0 unspecified atom stereocenters. The zero-order chi connectivity index (χ0) is 44.3. The molecule has 314 valence electrons. The second kappa shape index (κ2) is 16.0. The van der Waals surface area contributed by atoms with Gasteiger partial charge in [0.05, 0.1) is 16.7 Å². The van der Waals surface area contributed by atoms with Crippen molar-refractivity contribution in [1.29, 1.82) is 0 Å². The first-order chi connectivity index (χ1) is 33.2. The van der Waals surface area contributed by atoms with E-state index < -0.39 is 0 Å². The molecule has 13 rings (SSSR count). The molecule has 67 heavy (non-hydrogen) atoms. The van der Waals surface area contributed by atoms with E-state index in [9.17, 15) is 0 Å². The zero-order valence-corrected chi connectivity index (χ0v) is 36.6. The minimum absolute atomic E-state index is 0.862. The number of anilines is 3. The quantitative estimate of drug-likeness (QED) is 0.152. The molecular weight excluding hydrogens is 813 g/mol. The molecule has 2 heterocycles. The van der Waals surface area contributed by atoms with Crippen molar-refractivity contribution in [2.45, 2.75) is 0 Å². The van der Waals surface area contributed by atoms with E-state index in [-0.39, 0.29) is 0 Å². The number of rotatable bonds is 8. The van der Waals surface area contributed by atoms with Gasteiger partial charge in [-0.2, -0.15) is 0 Å². The SMILES string of the molecule is c1ccc(-c2ccc(-c3ccc(-c4ccc(N(c5ccc(-c6ccc7c(c6)c6ccccc6n7-c6ccccc6)cc5)c5cc6ccccc6c6c5oc5ccccc56)cc4)cc3)cc2)cc1. The Bertz CT molecular complexity index is 3920. The molecule has 0 atom stereocenters. The minimum Gasteiger partial charge on any atom is -0.454 e. The van der Waals surface area contributed by atoms with Crippen LogP contribution in [-0.4, -0.2) is 4.57 Å². The number of hydrogen-bond donors (Lipinski definition) is 0. The van der Waals surface area contributed by atoms with Crippen LogP contribution in [-0.2, 0) is 0 Å². The smallest absolute Gasteiger partial charge is 0.160 e. The van der Waals surface area contributed by atoms with Crippen LogP contribution < -0.4 is 4.90 Å². The highest BCUT2D eigenvalue weighted by molar-refractivity contribution is 6.23. The summed E-state index contributed by atoms with van der Waals surface area (Å²) in [6.07, 6.45) is 0. The molecule has 0 amide bonds. The van der Waals surface area contributed by atoms with Crippen LogP contribution in [0, 0.1) is 0 Å². The summed E-state index contributed by atoms with van der Waals surface area (Å²) in [6.45, 7) is 0. The summed E-state index contributed by atoms with van der Waals surface area (Å²) < 4.78 is 9.21. The van der Waals surface area contributed by atoms with Gasteiger partial charge in [-0.25, -0.2) is 0 Å². The lowest BCUT2D eigenvalue weighted by Gasteiger charge is -2.26.